The summed E-state index contributed by atoms with van der Waals surface area (Å²) in [5.41, 5.74) is 5.55. The molecule has 1 aromatic rings. The summed E-state index contributed by atoms with van der Waals surface area (Å²) in [5.74, 6) is -0.582. The highest BCUT2D eigenvalue weighted by Crippen LogP contribution is 2.26. The Balaban J connectivity index is 2.20. The zero-order valence-corrected chi connectivity index (χ0v) is 14.2. The van der Waals surface area contributed by atoms with Crippen molar-refractivity contribution in [2.75, 3.05) is 25.4 Å². The van der Waals surface area contributed by atoms with Crippen LogP contribution >= 0.6 is 15.9 Å². The van der Waals surface area contributed by atoms with Crippen molar-refractivity contribution in [3.8, 4) is 0 Å². The predicted octanol–water partition coefficient (Wildman–Crippen LogP) is 1.93. The van der Waals surface area contributed by atoms with Gasteiger partial charge in [0.2, 0.25) is 10.0 Å². The van der Waals surface area contributed by atoms with E-state index in [4.69, 9.17) is 5.73 Å². The number of nitrogens with one attached hydrogen (secondary N) is 1. The van der Waals surface area contributed by atoms with E-state index in [1.54, 1.807) is 0 Å². The maximum Gasteiger partial charge on any atom is 0.242 e. The molecule has 1 atom stereocenters. The lowest BCUT2D eigenvalue weighted by molar-refractivity contribution is 0.211. The van der Waals surface area contributed by atoms with Crippen LogP contribution in [0.5, 0.6) is 0 Å². The summed E-state index contributed by atoms with van der Waals surface area (Å²) in [6, 6.07) is 2.07. The van der Waals surface area contributed by atoms with Gasteiger partial charge in [0.05, 0.1) is 10.2 Å². The summed E-state index contributed by atoms with van der Waals surface area (Å²) >= 11 is 2.99. The van der Waals surface area contributed by atoms with Gasteiger partial charge in [0, 0.05) is 12.6 Å². The lowest BCUT2D eigenvalue weighted by Gasteiger charge is -2.32. The number of sulfonamides is 1. The Morgan fingerprint density at radius 3 is 2.90 bits per heavy atom. The molecule has 0 radical (unpaired) electrons. The average Bonchev–Trinajstić information content (AvgIpc) is 2.42. The zero-order valence-electron chi connectivity index (χ0n) is 11.8. The maximum atomic E-state index is 13.4. The SMILES string of the molecule is CCN1CCCC(NS(=O)(=O)c2cc(Br)c(F)cc2N)C1. The summed E-state index contributed by atoms with van der Waals surface area (Å²) in [7, 11) is -3.76. The molecule has 1 saturated heterocycles. The van der Waals surface area contributed by atoms with Gasteiger partial charge in [-0.1, -0.05) is 6.92 Å². The quantitative estimate of drug-likeness (QED) is 0.783. The van der Waals surface area contributed by atoms with Crippen LogP contribution in [0.1, 0.15) is 19.8 Å². The van der Waals surface area contributed by atoms with E-state index < -0.39 is 15.8 Å². The third kappa shape index (κ3) is 3.94. The Morgan fingerprint density at radius 1 is 1.52 bits per heavy atom. The van der Waals surface area contributed by atoms with E-state index >= 15 is 0 Å². The number of benzene rings is 1. The number of hydrogen-bond acceptors (Lipinski definition) is 4. The fraction of sp³-hybridized carbons (Fsp3) is 0.538. The molecule has 8 heteroatoms. The highest BCUT2D eigenvalue weighted by Gasteiger charge is 2.26. The molecule has 0 aliphatic carbocycles. The van der Waals surface area contributed by atoms with Crippen molar-refractivity contribution < 1.29 is 12.8 Å². The highest BCUT2D eigenvalue weighted by molar-refractivity contribution is 9.10. The Morgan fingerprint density at radius 2 is 2.24 bits per heavy atom. The second-order valence-corrected chi connectivity index (χ2v) is 7.69. The minimum absolute atomic E-state index is 0.0795. The summed E-state index contributed by atoms with van der Waals surface area (Å²) in [6.07, 6.45) is 1.74. The van der Waals surface area contributed by atoms with Gasteiger partial charge in [0.15, 0.2) is 0 Å². The molecule has 0 saturated carbocycles. The first-order valence-corrected chi connectivity index (χ1v) is 9.10. The van der Waals surface area contributed by atoms with Gasteiger partial charge in [-0.05, 0) is 54.0 Å². The zero-order chi connectivity index (χ0) is 15.6. The van der Waals surface area contributed by atoms with Gasteiger partial charge in [0.1, 0.15) is 10.7 Å². The lowest BCUT2D eigenvalue weighted by atomic mass is 10.1. The summed E-state index contributed by atoms with van der Waals surface area (Å²) in [4.78, 5) is 2.10. The van der Waals surface area contributed by atoms with Crippen LogP contribution in [0.15, 0.2) is 21.5 Å². The van der Waals surface area contributed by atoms with Crippen LogP contribution in [-0.2, 0) is 10.0 Å². The summed E-state index contributed by atoms with van der Waals surface area (Å²) in [5, 5.41) is 0. The maximum absolute atomic E-state index is 13.4. The van der Waals surface area contributed by atoms with Crippen molar-refractivity contribution in [1.29, 1.82) is 0 Å². The van der Waals surface area contributed by atoms with Gasteiger partial charge in [0.25, 0.3) is 0 Å². The summed E-state index contributed by atoms with van der Waals surface area (Å²) in [6.45, 7) is 4.60. The third-order valence-electron chi connectivity index (χ3n) is 3.62. The molecule has 1 aromatic carbocycles. The van der Waals surface area contributed by atoms with Crippen LogP contribution in [0.4, 0.5) is 10.1 Å². The van der Waals surface area contributed by atoms with E-state index in [1.165, 1.54) is 6.07 Å². The topological polar surface area (TPSA) is 75.4 Å². The molecular formula is C13H19BrFN3O2S. The molecule has 21 heavy (non-hydrogen) atoms. The number of piperidine rings is 1. The van der Waals surface area contributed by atoms with E-state index in [9.17, 15) is 12.8 Å². The monoisotopic (exact) mass is 379 g/mol. The first kappa shape index (κ1) is 16.7. The van der Waals surface area contributed by atoms with Gasteiger partial charge in [-0.15, -0.1) is 0 Å². The molecule has 1 aliphatic rings. The molecular weight excluding hydrogens is 361 g/mol. The van der Waals surface area contributed by atoms with E-state index in [1.807, 2.05) is 6.92 Å². The van der Waals surface area contributed by atoms with Crippen molar-refractivity contribution in [1.82, 2.24) is 9.62 Å². The number of nitrogens with two attached hydrogens (primary N) is 1. The molecule has 0 aromatic heterocycles. The van der Waals surface area contributed by atoms with Crippen LogP contribution in [0, 0.1) is 5.82 Å². The van der Waals surface area contributed by atoms with Gasteiger partial charge >= 0.3 is 0 Å². The molecule has 0 spiro atoms. The standard InChI is InChI=1S/C13H19BrFN3O2S/c1-2-18-5-3-4-9(8-18)17-21(19,20)13-6-10(14)11(15)7-12(13)16/h6-7,9,17H,2-5,8,16H2,1H3. The van der Waals surface area contributed by atoms with Crippen LogP contribution in [-0.4, -0.2) is 39.0 Å². The minimum atomic E-state index is -3.76. The van der Waals surface area contributed by atoms with Crippen molar-refractivity contribution in [2.45, 2.75) is 30.7 Å². The minimum Gasteiger partial charge on any atom is -0.398 e. The predicted molar refractivity (Wildman–Crippen MR) is 84.0 cm³/mol. The lowest BCUT2D eigenvalue weighted by Crippen LogP contribution is -2.47. The molecule has 1 heterocycles. The average molecular weight is 380 g/mol. The fourth-order valence-corrected chi connectivity index (χ4v) is 4.39. The number of likely N-dealkylation sites (tertiary alicyclic amines) is 1. The highest BCUT2D eigenvalue weighted by atomic mass is 79.9. The first-order chi connectivity index (χ1) is 9.83. The number of hydrogen-bond donors (Lipinski definition) is 2. The van der Waals surface area contributed by atoms with Gasteiger partial charge < -0.3 is 10.6 Å². The number of rotatable bonds is 4. The molecule has 5 nitrogen and oxygen atoms in total. The molecule has 118 valence electrons. The van der Waals surface area contributed by atoms with E-state index in [2.05, 4.69) is 25.6 Å². The second kappa shape index (κ2) is 6.60. The van der Waals surface area contributed by atoms with Crippen LogP contribution < -0.4 is 10.5 Å². The number of likely N-dealkylation sites (N-methyl/N-ethyl adjacent to an activating group) is 1. The Hall–Kier alpha value is -0.700. The normalized spacial score (nSPS) is 20.6. The van der Waals surface area contributed by atoms with Crippen LogP contribution in [0.25, 0.3) is 0 Å². The molecule has 0 amide bonds. The van der Waals surface area contributed by atoms with Gasteiger partial charge in [-0.2, -0.15) is 0 Å². The van der Waals surface area contributed by atoms with Gasteiger partial charge in [-0.25, -0.2) is 17.5 Å². The van der Waals surface area contributed by atoms with E-state index in [0.717, 1.165) is 32.0 Å². The van der Waals surface area contributed by atoms with Crippen molar-refractivity contribution >= 4 is 31.6 Å². The third-order valence-corrected chi connectivity index (χ3v) is 5.80. The Labute approximate surface area is 132 Å². The molecule has 0 bridgehead atoms. The van der Waals surface area contributed by atoms with Gasteiger partial charge in [-0.3, -0.25) is 0 Å². The fourth-order valence-electron chi connectivity index (χ4n) is 2.50. The van der Waals surface area contributed by atoms with E-state index in [-0.39, 0.29) is 21.1 Å². The number of nitrogens with zero attached hydrogens (tertiary/aromatic N) is 1. The van der Waals surface area contributed by atoms with Crippen molar-refractivity contribution in [2.24, 2.45) is 0 Å². The molecule has 2 rings (SSSR count). The number of anilines is 1. The van der Waals surface area contributed by atoms with Crippen LogP contribution in [0.2, 0.25) is 0 Å². The first-order valence-electron chi connectivity index (χ1n) is 6.82. The smallest absolute Gasteiger partial charge is 0.242 e. The second-order valence-electron chi connectivity index (χ2n) is 5.16. The Bertz CT molecular complexity index is 624. The molecule has 1 aliphatic heterocycles. The van der Waals surface area contributed by atoms with E-state index in [0.29, 0.717) is 6.54 Å². The largest absolute Gasteiger partial charge is 0.398 e. The number of halogens is 2. The Kier molecular flexibility index (Phi) is 5.24. The molecule has 3 N–H and O–H groups in total. The number of nitrogen functional groups attached to an aromatic ring is 1. The van der Waals surface area contributed by atoms with Crippen molar-refractivity contribution in [3.63, 3.8) is 0 Å². The van der Waals surface area contributed by atoms with Crippen LogP contribution in [0.3, 0.4) is 0 Å². The van der Waals surface area contributed by atoms with Crippen molar-refractivity contribution in [3.05, 3.63) is 22.4 Å². The molecule has 1 unspecified atom stereocenters. The summed E-state index contributed by atoms with van der Waals surface area (Å²) < 4.78 is 41.0. The molecule has 1 fully saturated rings.